The minimum atomic E-state index is -4.66. The number of alkyl halides is 3. The molecule has 3 amide bonds. The summed E-state index contributed by atoms with van der Waals surface area (Å²) in [5.41, 5.74) is -0.620. The number of rotatable bonds is 9. The lowest BCUT2D eigenvalue weighted by Gasteiger charge is -2.43. The predicted octanol–water partition coefficient (Wildman–Crippen LogP) is 4.43. The van der Waals surface area contributed by atoms with Crippen LogP contribution < -0.4 is 19.7 Å². The smallest absolute Gasteiger partial charge is 0.418 e. The fourth-order valence-corrected chi connectivity index (χ4v) is 10.9. The Morgan fingerprint density at radius 1 is 1.06 bits per heavy atom. The average molecular weight is 704 g/mol. The van der Waals surface area contributed by atoms with Gasteiger partial charge in [-0.15, -0.1) is 11.8 Å². The van der Waals surface area contributed by atoms with Crippen LogP contribution in [0.1, 0.15) is 34.8 Å². The summed E-state index contributed by atoms with van der Waals surface area (Å²) in [5.74, 6) is -4.01. The molecule has 2 aromatic carbocycles. The van der Waals surface area contributed by atoms with E-state index in [0.29, 0.717) is 11.4 Å². The summed E-state index contributed by atoms with van der Waals surface area (Å²) in [7, 11) is 1.40. The van der Waals surface area contributed by atoms with Crippen molar-refractivity contribution in [3.63, 3.8) is 0 Å². The highest BCUT2D eigenvalue weighted by molar-refractivity contribution is 8.00. The Bertz CT molecular complexity index is 1890. The molecule has 2 aliphatic carbocycles. The van der Waals surface area contributed by atoms with Gasteiger partial charge in [0.2, 0.25) is 11.8 Å². The van der Waals surface area contributed by atoms with Crippen LogP contribution in [0.15, 0.2) is 52.3 Å². The zero-order valence-corrected chi connectivity index (χ0v) is 26.7. The summed E-state index contributed by atoms with van der Waals surface area (Å²) in [4.78, 5) is 67.9. The molecule has 3 aromatic rings. The summed E-state index contributed by atoms with van der Waals surface area (Å²) >= 11 is 2.60. The fourth-order valence-electron chi connectivity index (χ4n) is 8.05. The van der Waals surface area contributed by atoms with Crippen molar-refractivity contribution >= 4 is 52.5 Å². The number of H-pyrrole nitrogens is 1. The van der Waals surface area contributed by atoms with Gasteiger partial charge in [0, 0.05) is 22.6 Å². The van der Waals surface area contributed by atoms with Gasteiger partial charge >= 0.3 is 17.0 Å². The van der Waals surface area contributed by atoms with E-state index in [4.69, 9.17) is 14.6 Å². The first kappa shape index (κ1) is 32.2. The van der Waals surface area contributed by atoms with Gasteiger partial charge in [0.15, 0.2) is 18.1 Å². The number of benzene rings is 2. The lowest BCUT2D eigenvalue weighted by Crippen LogP contribution is -2.42. The number of nitrogens with one attached hydrogen (secondary N) is 2. The van der Waals surface area contributed by atoms with Crippen LogP contribution in [0.5, 0.6) is 11.5 Å². The van der Waals surface area contributed by atoms with Gasteiger partial charge in [0.05, 0.1) is 41.6 Å². The van der Waals surface area contributed by atoms with E-state index < -0.39 is 47.7 Å². The van der Waals surface area contributed by atoms with Crippen LogP contribution in [-0.2, 0) is 25.4 Å². The van der Waals surface area contributed by atoms with Gasteiger partial charge in [-0.05, 0) is 54.0 Å². The van der Waals surface area contributed by atoms with Gasteiger partial charge in [-0.25, -0.2) is 0 Å². The number of aromatic nitrogens is 1. The zero-order valence-electron chi connectivity index (χ0n) is 25.1. The van der Waals surface area contributed by atoms with Crippen LogP contribution in [0.4, 0.5) is 18.9 Å². The number of ether oxygens (including phenoxy) is 2. The van der Waals surface area contributed by atoms with E-state index >= 15 is 0 Å². The number of likely N-dealkylation sites (tertiary alicyclic amines) is 1. The molecular formula is C32H28F3N3O8S2. The lowest BCUT2D eigenvalue weighted by molar-refractivity contribution is -0.143. The molecule has 3 N–H and O–H groups in total. The van der Waals surface area contributed by atoms with E-state index in [2.05, 4.69) is 10.3 Å². The molecule has 2 bridgehead atoms. The molecule has 1 saturated heterocycles. The van der Waals surface area contributed by atoms with Crippen LogP contribution in [0.2, 0.25) is 0 Å². The van der Waals surface area contributed by atoms with E-state index in [1.54, 1.807) is 18.2 Å². The Hall–Kier alpha value is -4.31. The maximum absolute atomic E-state index is 13.5. The minimum Gasteiger partial charge on any atom is -0.493 e. The van der Waals surface area contributed by atoms with Gasteiger partial charge in [0.25, 0.3) is 5.91 Å². The number of carbonyl (C=O) groups excluding carboxylic acids is 3. The summed E-state index contributed by atoms with van der Waals surface area (Å²) < 4.78 is 51.4. The van der Waals surface area contributed by atoms with Crippen LogP contribution in [0.25, 0.3) is 0 Å². The topological polar surface area (TPSA) is 155 Å². The number of fused-ring (bicyclic) bond motifs is 9. The minimum absolute atomic E-state index is 0.0830. The van der Waals surface area contributed by atoms with Crippen LogP contribution in [0.3, 0.4) is 0 Å². The van der Waals surface area contributed by atoms with Crippen LogP contribution in [-0.4, -0.2) is 64.2 Å². The largest absolute Gasteiger partial charge is 0.493 e. The standard InChI is InChI=1S/C32H28F3N3O8S2/c1-45-19-10-13(6-7-18(19)46-12-20(39)36-17-5-3-2-4-16(17)32(33,34)35)22-23-14-11-15(26(23)47-28-27(22)48-31(44)37-28)25-24(14)29(42)38(30(25)43)9-8-21(40)41/h2-7,10,14-15,22-26H,8-9,11-12H2,1H3,(H,36,39)(H,37,44)(H,40,41)/t14?,15?,22-,23?,24?,25?,26?/m1/s1. The molecule has 48 heavy (non-hydrogen) atoms. The molecule has 2 aliphatic heterocycles. The number of carbonyl (C=O) groups is 4. The normalized spacial score (nSPS) is 27.0. The molecule has 1 aromatic heterocycles. The number of para-hydroxylation sites is 1. The van der Waals surface area contributed by atoms with Crippen LogP contribution in [0, 0.1) is 29.6 Å². The third-order valence-electron chi connectivity index (χ3n) is 9.78. The Labute approximate surface area is 278 Å². The first-order chi connectivity index (χ1) is 22.9. The number of hydrogen-bond acceptors (Lipinski definition) is 9. The number of aliphatic carboxylic acids is 1. The van der Waals surface area contributed by atoms with E-state index in [-0.39, 0.29) is 70.1 Å². The molecule has 6 unspecified atom stereocenters. The quantitative estimate of drug-likeness (QED) is 0.275. The molecule has 7 rings (SSSR count). The number of thiazole rings is 1. The number of thioether (sulfide) groups is 1. The van der Waals surface area contributed by atoms with Crippen molar-refractivity contribution in [3.05, 3.63) is 68.1 Å². The zero-order chi connectivity index (χ0) is 34.1. The predicted molar refractivity (Wildman–Crippen MR) is 166 cm³/mol. The highest BCUT2D eigenvalue weighted by atomic mass is 32.2. The number of amides is 3. The maximum Gasteiger partial charge on any atom is 0.418 e. The molecule has 0 spiro atoms. The number of anilines is 1. The third-order valence-corrected chi connectivity index (χ3v) is 12.4. The SMILES string of the molecule is COc1cc([C@H]2c3sc(=O)[nH]c3SC3C4CC(C5C(=O)N(CCC(=O)O)C(=O)C45)C32)ccc1OCC(=O)Nc1ccccc1C(F)(F)F. The van der Waals surface area contributed by atoms with Crippen molar-refractivity contribution in [3.8, 4) is 11.5 Å². The lowest BCUT2D eigenvalue weighted by atomic mass is 9.68. The molecular weight excluding hydrogens is 675 g/mol. The van der Waals surface area contributed by atoms with Crippen LogP contribution >= 0.6 is 23.1 Å². The average Bonchev–Trinajstić information content (AvgIpc) is 3.77. The van der Waals surface area contributed by atoms with E-state index in [0.717, 1.165) is 38.8 Å². The number of halogens is 3. The fraction of sp³-hybridized carbons (Fsp3) is 0.406. The van der Waals surface area contributed by atoms with Gasteiger partial charge in [0.1, 0.15) is 0 Å². The Morgan fingerprint density at radius 2 is 1.79 bits per heavy atom. The molecule has 16 heteroatoms. The number of imide groups is 1. The first-order valence-electron chi connectivity index (χ1n) is 15.1. The number of carboxylic acid groups (broad SMARTS) is 1. The molecule has 4 aliphatic rings. The first-order valence-corrected chi connectivity index (χ1v) is 16.8. The molecule has 2 saturated carbocycles. The summed E-state index contributed by atoms with van der Waals surface area (Å²) in [6.45, 7) is -0.769. The second kappa shape index (κ2) is 12.0. The number of hydrogen-bond donors (Lipinski definition) is 3. The van der Waals surface area contributed by atoms with E-state index in [1.165, 1.54) is 31.0 Å². The molecule has 252 valence electrons. The van der Waals surface area contributed by atoms with Crippen molar-refractivity contribution in [1.29, 1.82) is 0 Å². The van der Waals surface area contributed by atoms with Gasteiger partial charge in [-0.1, -0.05) is 29.5 Å². The van der Waals surface area contributed by atoms with E-state index in [9.17, 15) is 37.1 Å². The number of carboxylic acids is 1. The summed E-state index contributed by atoms with van der Waals surface area (Å²) in [5, 5.41) is 12.0. The molecule has 3 heterocycles. The van der Waals surface area contributed by atoms with Gasteiger partial charge in [-0.3, -0.25) is 28.9 Å². The monoisotopic (exact) mass is 703 g/mol. The van der Waals surface area contributed by atoms with E-state index in [1.807, 2.05) is 0 Å². The molecule has 3 fully saturated rings. The number of aromatic amines is 1. The van der Waals surface area contributed by atoms with Gasteiger partial charge in [-0.2, -0.15) is 13.2 Å². The molecule has 11 nitrogen and oxygen atoms in total. The summed E-state index contributed by atoms with van der Waals surface area (Å²) in [6.07, 6.45) is -4.33. The maximum atomic E-state index is 13.5. The van der Waals surface area contributed by atoms with Crippen molar-refractivity contribution in [2.75, 3.05) is 25.6 Å². The van der Waals surface area contributed by atoms with Gasteiger partial charge < -0.3 is 24.9 Å². The second-order valence-electron chi connectivity index (χ2n) is 12.2. The second-order valence-corrected chi connectivity index (χ2v) is 14.4. The molecule has 0 radical (unpaired) electrons. The number of methoxy groups -OCH3 is 1. The summed E-state index contributed by atoms with van der Waals surface area (Å²) in [6, 6.07) is 9.69. The Balaban J connectivity index is 1.15. The highest BCUT2D eigenvalue weighted by Crippen LogP contribution is 2.68. The number of nitrogens with zero attached hydrogens (tertiary/aromatic N) is 1. The molecule has 7 atom stereocenters. The van der Waals surface area contributed by atoms with Crippen molar-refractivity contribution in [2.45, 2.75) is 35.2 Å². The Kier molecular flexibility index (Phi) is 8.05. The van der Waals surface area contributed by atoms with Crippen molar-refractivity contribution < 1.29 is 46.9 Å². The Morgan fingerprint density at radius 3 is 2.50 bits per heavy atom. The van der Waals surface area contributed by atoms with Crippen molar-refractivity contribution in [2.24, 2.45) is 29.6 Å². The van der Waals surface area contributed by atoms with Crippen molar-refractivity contribution in [1.82, 2.24) is 9.88 Å². The third kappa shape index (κ3) is 5.34. The highest BCUT2D eigenvalue weighted by Gasteiger charge is 2.69.